The average molecular weight is 478 g/mol. The lowest BCUT2D eigenvalue weighted by atomic mass is 9.98. The molecule has 0 heterocycles. The summed E-state index contributed by atoms with van der Waals surface area (Å²) in [6.45, 7) is 2.34. The van der Waals surface area contributed by atoms with E-state index >= 15 is 0 Å². The van der Waals surface area contributed by atoms with Crippen molar-refractivity contribution in [1.82, 2.24) is 0 Å². The van der Waals surface area contributed by atoms with E-state index in [0.29, 0.717) is 23.3 Å². The topological polar surface area (TPSA) is 55.8 Å². The second kappa shape index (κ2) is 10.4. The number of carbonyl (C=O) groups is 1. The number of ether oxygens (including phenoxy) is 2. The first-order valence-electron chi connectivity index (χ1n) is 10.8. The lowest BCUT2D eigenvalue weighted by molar-refractivity contribution is 0.0734. The van der Waals surface area contributed by atoms with Crippen molar-refractivity contribution in [2.45, 2.75) is 13.5 Å². The Kier molecular flexibility index (Phi) is 7.17. The van der Waals surface area contributed by atoms with E-state index in [1.807, 2.05) is 0 Å². The van der Waals surface area contributed by atoms with Crippen molar-refractivity contribution in [2.24, 2.45) is 0 Å². The Morgan fingerprint density at radius 3 is 1.91 bits per heavy atom. The van der Waals surface area contributed by atoms with Gasteiger partial charge in [0.15, 0.2) is 11.6 Å². The van der Waals surface area contributed by atoms with Crippen LogP contribution < -0.4 is 4.74 Å². The Bertz CT molecular complexity index is 1350. The number of hydrogen-bond acceptors (Lipinski definition) is 4. The molecule has 0 fully saturated rings. The van der Waals surface area contributed by atoms with Gasteiger partial charge in [-0.25, -0.2) is 18.0 Å². The third-order valence-electron chi connectivity index (χ3n) is 5.39. The molecule has 0 spiro atoms. The molecule has 0 unspecified atom stereocenters. The third kappa shape index (κ3) is 5.36. The van der Waals surface area contributed by atoms with E-state index in [0.717, 1.165) is 6.07 Å². The minimum absolute atomic E-state index is 0.0239. The van der Waals surface area contributed by atoms with E-state index < -0.39 is 23.4 Å². The van der Waals surface area contributed by atoms with E-state index in [1.54, 1.807) is 6.92 Å². The maximum Gasteiger partial charge on any atom is 0.343 e. The van der Waals surface area contributed by atoms with Gasteiger partial charge < -0.3 is 14.6 Å². The first-order chi connectivity index (χ1) is 16.9. The zero-order valence-electron chi connectivity index (χ0n) is 18.7. The van der Waals surface area contributed by atoms with Crippen LogP contribution in [0.1, 0.15) is 22.8 Å². The third-order valence-corrected chi connectivity index (χ3v) is 5.39. The monoisotopic (exact) mass is 478 g/mol. The van der Waals surface area contributed by atoms with Crippen molar-refractivity contribution in [3.8, 4) is 33.8 Å². The molecule has 0 amide bonds. The molecule has 0 saturated carbocycles. The summed E-state index contributed by atoms with van der Waals surface area (Å²) in [5, 5.41) is 9.39. The van der Waals surface area contributed by atoms with Crippen LogP contribution in [0.5, 0.6) is 11.5 Å². The zero-order valence-corrected chi connectivity index (χ0v) is 18.7. The van der Waals surface area contributed by atoms with Gasteiger partial charge in [0.25, 0.3) is 0 Å². The SMILES string of the molecule is CCOCc1ccc(C(=O)Oc2ccc(-c3ccc(-c4ccc(O)cc4)c(F)c3F)cc2)cc1F. The van der Waals surface area contributed by atoms with Crippen molar-refractivity contribution in [1.29, 1.82) is 0 Å². The van der Waals surface area contributed by atoms with Crippen LogP contribution in [0.25, 0.3) is 22.3 Å². The average Bonchev–Trinajstić information content (AvgIpc) is 2.86. The molecule has 4 aromatic rings. The Morgan fingerprint density at radius 2 is 1.37 bits per heavy atom. The Labute approximate surface area is 200 Å². The predicted molar refractivity (Wildman–Crippen MR) is 126 cm³/mol. The van der Waals surface area contributed by atoms with Gasteiger partial charge in [-0.15, -0.1) is 0 Å². The fraction of sp³-hybridized carbons (Fsp3) is 0.107. The van der Waals surface area contributed by atoms with E-state index in [4.69, 9.17) is 9.47 Å². The molecule has 0 saturated heterocycles. The second-order valence-corrected chi connectivity index (χ2v) is 7.69. The van der Waals surface area contributed by atoms with E-state index in [-0.39, 0.29) is 34.8 Å². The second-order valence-electron chi connectivity index (χ2n) is 7.69. The standard InChI is InChI=1S/C28H21F3O4/c1-2-34-16-20-4-3-19(15-25(20)29)28(33)35-22-11-7-18(8-12-22)24-14-13-23(26(30)27(24)31)17-5-9-21(32)10-6-17/h3-15,32H,2,16H2,1H3. The molecule has 0 aliphatic heterocycles. The van der Waals surface area contributed by atoms with Gasteiger partial charge in [0.05, 0.1) is 12.2 Å². The van der Waals surface area contributed by atoms with Crippen molar-refractivity contribution in [3.05, 3.63) is 107 Å². The summed E-state index contributed by atoms with van der Waals surface area (Å²) in [4.78, 5) is 12.4. The number of carbonyl (C=O) groups excluding carboxylic acids is 1. The lowest BCUT2D eigenvalue weighted by Crippen LogP contribution is -2.09. The molecule has 0 atom stereocenters. The number of halogens is 3. The first kappa shape index (κ1) is 24.0. The van der Waals surface area contributed by atoms with Gasteiger partial charge in [-0.05, 0) is 54.4 Å². The molecule has 178 valence electrons. The van der Waals surface area contributed by atoms with Gasteiger partial charge in [-0.2, -0.15) is 0 Å². The summed E-state index contributed by atoms with van der Waals surface area (Å²) in [6.07, 6.45) is 0. The normalized spacial score (nSPS) is 10.9. The fourth-order valence-electron chi connectivity index (χ4n) is 3.51. The van der Waals surface area contributed by atoms with E-state index in [2.05, 4.69) is 0 Å². The number of hydrogen-bond donors (Lipinski definition) is 1. The van der Waals surface area contributed by atoms with Gasteiger partial charge in [0.2, 0.25) is 0 Å². The van der Waals surface area contributed by atoms with Crippen molar-refractivity contribution in [2.75, 3.05) is 6.61 Å². The van der Waals surface area contributed by atoms with Crippen LogP contribution in [0.4, 0.5) is 13.2 Å². The molecule has 0 aromatic heterocycles. The van der Waals surface area contributed by atoms with Gasteiger partial charge >= 0.3 is 5.97 Å². The van der Waals surface area contributed by atoms with Crippen LogP contribution in [-0.4, -0.2) is 17.7 Å². The number of phenols is 1. The molecule has 0 bridgehead atoms. The minimum Gasteiger partial charge on any atom is -0.508 e. The zero-order chi connectivity index (χ0) is 24.9. The Hall–Kier alpha value is -4.10. The summed E-state index contributed by atoms with van der Waals surface area (Å²) in [5.41, 5.74) is 1.27. The molecule has 0 radical (unpaired) electrons. The van der Waals surface area contributed by atoms with Crippen molar-refractivity contribution in [3.63, 3.8) is 0 Å². The molecule has 4 rings (SSSR count). The minimum atomic E-state index is -1.03. The largest absolute Gasteiger partial charge is 0.508 e. The predicted octanol–water partition coefficient (Wildman–Crippen LogP) is 6.90. The number of rotatable bonds is 7. The van der Waals surface area contributed by atoms with Crippen LogP contribution in [0.3, 0.4) is 0 Å². The highest BCUT2D eigenvalue weighted by molar-refractivity contribution is 5.91. The van der Waals surface area contributed by atoms with E-state index in [1.165, 1.54) is 72.8 Å². The first-order valence-corrected chi connectivity index (χ1v) is 10.8. The highest BCUT2D eigenvalue weighted by atomic mass is 19.2. The molecular formula is C28H21F3O4. The maximum atomic E-state index is 14.8. The van der Waals surface area contributed by atoms with Crippen LogP contribution in [0.15, 0.2) is 78.9 Å². The van der Waals surface area contributed by atoms with E-state index in [9.17, 15) is 23.1 Å². The Morgan fingerprint density at radius 1 is 0.800 bits per heavy atom. The molecule has 0 aliphatic rings. The van der Waals surface area contributed by atoms with Crippen molar-refractivity contribution < 1.29 is 32.5 Å². The quantitative estimate of drug-likeness (QED) is 0.232. The van der Waals surface area contributed by atoms with Crippen LogP contribution in [0, 0.1) is 17.5 Å². The molecule has 7 heteroatoms. The molecule has 0 aliphatic carbocycles. The molecule has 4 nitrogen and oxygen atoms in total. The number of esters is 1. The van der Waals surface area contributed by atoms with Gasteiger partial charge in [-0.1, -0.05) is 42.5 Å². The highest BCUT2D eigenvalue weighted by Crippen LogP contribution is 2.32. The molecular weight excluding hydrogens is 457 g/mol. The number of phenolic OH excluding ortho intramolecular Hbond substituents is 1. The molecule has 35 heavy (non-hydrogen) atoms. The van der Waals surface area contributed by atoms with Gasteiger partial charge in [0, 0.05) is 23.3 Å². The summed E-state index contributed by atoms with van der Waals surface area (Å²) in [7, 11) is 0. The van der Waals surface area contributed by atoms with Gasteiger partial charge in [0.1, 0.15) is 17.3 Å². The van der Waals surface area contributed by atoms with Gasteiger partial charge in [-0.3, -0.25) is 0 Å². The fourth-order valence-corrected chi connectivity index (χ4v) is 3.51. The maximum absolute atomic E-state index is 14.8. The summed E-state index contributed by atoms with van der Waals surface area (Å²) in [5.74, 6) is -3.18. The van der Waals surface area contributed by atoms with Crippen LogP contribution in [-0.2, 0) is 11.3 Å². The lowest BCUT2D eigenvalue weighted by Gasteiger charge is -2.10. The summed E-state index contributed by atoms with van der Waals surface area (Å²) in [6, 6.07) is 18.5. The van der Waals surface area contributed by atoms with Crippen LogP contribution >= 0.6 is 0 Å². The molecule has 1 N–H and O–H groups in total. The number of aromatic hydroxyl groups is 1. The van der Waals surface area contributed by atoms with Crippen molar-refractivity contribution >= 4 is 5.97 Å². The van der Waals surface area contributed by atoms with Crippen LogP contribution in [0.2, 0.25) is 0 Å². The summed E-state index contributed by atoms with van der Waals surface area (Å²) < 4.78 is 54.2. The number of benzene rings is 4. The highest BCUT2D eigenvalue weighted by Gasteiger charge is 2.17. The molecule has 4 aromatic carbocycles. The summed E-state index contributed by atoms with van der Waals surface area (Å²) >= 11 is 0. The smallest absolute Gasteiger partial charge is 0.343 e. The Balaban J connectivity index is 1.50.